The normalized spacial score (nSPS) is 15.2. The molecule has 34 heavy (non-hydrogen) atoms. The lowest BCUT2D eigenvalue weighted by atomic mass is 9.95. The Morgan fingerprint density at radius 2 is 2.03 bits per heavy atom. The Balaban J connectivity index is 0.00000324. The molecule has 3 heterocycles. The van der Waals surface area contributed by atoms with E-state index in [0.29, 0.717) is 30.7 Å². The highest BCUT2D eigenvalue weighted by Crippen LogP contribution is 2.29. The first kappa shape index (κ1) is 26.0. The number of hydrogen-bond donors (Lipinski definition) is 2. The second-order valence-electron chi connectivity index (χ2n) is 9.19. The van der Waals surface area contributed by atoms with E-state index >= 15 is 0 Å². The van der Waals surface area contributed by atoms with Crippen molar-refractivity contribution >= 4 is 29.4 Å². The van der Waals surface area contributed by atoms with Gasteiger partial charge in [-0.15, -0.1) is 12.4 Å². The molecule has 1 atom stereocenters. The SMILES string of the molecule is CCC[C@H](CCc1ccc2c(c1)nc(-c1c[nH]c(=O)c(C)c1)n2CC1CCOCC1)C(=O)O.Cl. The number of rotatable bonds is 9. The molecule has 7 nitrogen and oxygen atoms in total. The predicted molar refractivity (Wildman–Crippen MR) is 136 cm³/mol. The van der Waals surface area contributed by atoms with Gasteiger partial charge in [-0.25, -0.2) is 4.98 Å². The molecular formula is C26H34ClN3O4. The predicted octanol–water partition coefficient (Wildman–Crippen LogP) is 4.98. The highest BCUT2D eigenvalue weighted by atomic mass is 35.5. The molecule has 3 aromatic rings. The summed E-state index contributed by atoms with van der Waals surface area (Å²) in [5.41, 5.74) is 4.53. The summed E-state index contributed by atoms with van der Waals surface area (Å²) in [5.74, 6) is 0.344. The summed E-state index contributed by atoms with van der Waals surface area (Å²) in [7, 11) is 0. The Morgan fingerprint density at radius 1 is 1.26 bits per heavy atom. The van der Waals surface area contributed by atoms with E-state index < -0.39 is 5.97 Å². The van der Waals surface area contributed by atoms with E-state index in [4.69, 9.17) is 9.72 Å². The number of benzene rings is 1. The van der Waals surface area contributed by atoms with E-state index in [2.05, 4.69) is 27.8 Å². The number of aryl methyl sites for hydroxylation is 2. The molecule has 1 saturated heterocycles. The van der Waals surface area contributed by atoms with E-state index in [9.17, 15) is 14.7 Å². The van der Waals surface area contributed by atoms with Crippen LogP contribution in [0.3, 0.4) is 0 Å². The molecule has 0 unspecified atom stereocenters. The Bertz CT molecular complexity index is 1180. The third-order valence-corrected chi connectivity index (χ3v) is 6.71. The van der Waals surface area contributed by atoms with Crippen LogP contribution in [0.5, 0.6) is 0 Å². The number of imidazole rings is 1. The molecule has 1 fully saturated rings. The molecule has 184 valence electrons. The van der Waals surface area contributed by atoms with Crippen LogP contribution in [0.25, 0.3) is 22.4 Å². The maximum absolute atomic E-state index is 11.9. The number of carboxylic acids is 1. The summed E-state index contributed by atoms with van der Waals surface area (Å²) in [4.78, 5) is 31.2. The first-order chi connectivity index (χ1) is 16.0. The fourth-order valence-electron chi connectivity index (χ4n) is 4.73. The summed E-state index contributed by atoms with van der Waals surface area (Å²) in [6.45, 7) is 6.26. The Morgan fingerprint density at radius 3 is 2.71 bits per heavy atom. The number of carboxylic acid groups (broad SMARTS) is 1. The first-order valence-electron chi connectivity index (χ1n) is 12.0. The molecular weight excluding hydrogens is 454 g/mol. The van der Waals surface area contributed by atoms with Gasteiger partial charge in [-0.1, -0.05) is 19.4 Å². The van der Waals surface area contributed by atoms with Crippen molar-refractivity contribution in [2.24, 2.45) is 11.8 Å². The second kappa shape index (κ2) is 11.7. The number of halogens is 1. The molecule has 1 aliphatic rings. The molecule has 0 bridgehead atoms. The molecule has 0 radical (unpaired) electrons. The van der Waals surface area contributed by atoms with Gasteiger partial charge in [0, 0.05) is 37.1 Å². The van der Waals surface area contributed by atoms with E-state index in [1.54, 1.807) is 13.1 Å². The minimum atomic E-state index is -0.714. The number of nitrogens with one attached hydrogen (secondary N) is 1. The van der Waals surface area contributed by atoms with Crippen LogP contribution in [0.2, 0.25) is 0 Å². The van der Waals surface area contributed by atoms with Gasteiger partial charge in [0.1, 0.15) is 5.82 Å². The summed E-state index contributed by atoms with van der Waals surface area (Å²) in [6, 6.07) is 8.18. The van der Waals surface area contributed by atoms with Gasteiger partial charge >= 0.3 is 5.97 Å². The fourth-order valence-corrected chi connectivity index (χ4v) is 4.73. The summed E-state index contributed by atoms with van der Waals surface area (Å²) >= 11 is 0. The number of ether oxygens (including phenoxy) is 1. The van der Waals surface area contributed by atoms with Crippen molar-refractivity contribution in [1.29, 1.82) is 0 Å². The molecule has 1 aromatic carbocycles. The number of H-pyrrole nitrogens is 1. The Labute approximate surface area is 206 Å². The molecule has 2 aromatic heterocycles. The third kappa shape index (κ3) is 5.88. The van der Waals surface area contributed by atoms with Crippen molar-refractivity contribution in [3.63, 3.8) is 0 Å². The van der Waals surface area contributed by atoms with Crippen LogP contribution in [0.15, 0.2) is 35.3 Å². The number of aromatic amines is 1. The van der Waals surface area contributed by atoms with Gasteiger partial charge in [0.15, 0.2) is 0 Å². The van der Waals surface area contributed by atoms with Crippen LogP contribution >= 0.6 is 12.4 Å². The van der Waals surface area contributed by atoms with Gasteiger partial charge in [0.25, 0.3) is 5.56 Å². The summed E-state index contributed by atoms with van der Waals surface area (Å²) in [5, 5.41) is 9.47. The molecule has 0 aliphatic carbocycles. The fraction of sp³-hybridized carbons (Fsp3) is 0.500. The van der Waals surface area contributed by atoms with Crippen molar-refractivity contribution < 1.29 is 14.6 Å². The van der Waals surface area contributed by atoms with Crippen LogP contribution in [-0.2, 0) is 22.5 Å². The smallest absolute Gasteiger partial charge is 0.306 e. The van der Waals surface area contributed by atoms with Gasteiger partial charge in [0.05, 0.1) is 17.0 Å². The zero-order valence-corrected chi connectivity index (χ0v) is 20.7. The van der Waals surface area contributed by atoms with Crippen LogP contribution in [-0.4, -0.2) is 38.8 Å². The average molecular weight is 488 g/mol. The van der Waals surface area contributed by atoms with E-state index in [1.807, 2.05) is 13.0 Å². The number of aromatic nitrogens is 3. The van der Waals surface area contributed by atoms with Crippen LogP contribution in [0, 0.1) is 18.8 Å². The maximum atomic E-state index is 11.9. The lowest BCUT2D eigenvalue weighted by Gasteiger charge is -2.23. The minimum absolute atomic E-state index is 0. The zero-order valence-electron chi connectivity index (χ0n) is 19.9. The van der Waals surface area contributed by atoms with E-state index in [1.165, 1.54) is 0 Å². The van der Waals surface area contributed by atoms with E-state index in [0.717, 1.165) is 67.0 Å². The maximum Gasteiger partial charge on any atom is 0.306 e. The van der Waals surface area contributed by atoms with Crippen molar-refractivity contribution in [2.45, 2.75) is 58.9 Å². The lowest BCUT2D eigenvalue weighted by Crippen LogP contribution is -2.21. The molecule has 4 rings (SSSR count). The average Bonchev–Trinajstić information content (AvgIpc) is 3.16. The Kier molecular flexibility index (Phi) is 8.91. The lowest BCUT2D eigenvalue weighted by molar-refractivity contribution is -0.142. The van der Waals surface area contributed by atoms with Gasteiger partial charge in [-0.3, -0.25) is 9.59 Å². The Hall–Kier alpha value is -2.64. The number of nitrogens with zero attached hydrogens (tertiary/aromatic N) is 2. The zero-order chi connectivity index (χ0) is 23.4. The standard InChI is InChI=1S/C26H33N3O4.ClH/c1-3-4-20(26(31)32)7-5-18-6-8-23-22(14-18)28-24(21-13-17(2)25(30)27-15-21)29(23)16-19-9-11-33-12-10-19;/h6,8,13-15,19-20H,3-5,7,9-12,16H2,1-2H3,(H,27,30)(H,31,32);1H/t20-;/m1./s1. The number of pyridine rings is 1. The molecule has 0 amide bonds. The quantitative estimate of drug-likeness (QED) is 0.443. The number of fused-ring (bicyclic) bond motifs is 1. The first-order valence-corrected chi connectivity index (χ1v) is 12.0. The van der Waals surface area contributed by atoms with Crippen molar-refractivity contribution in [1.82, 2.24) is 14.5 Å². The molecule has 2 N–H and O–H groups in total. The van der Waals surface area contributed by atoms with Crippen LogP contribution in [0.4, 0.5) is 0 Å². The number of carbonyl (C=O) groups is 1. The molecule has 8 heteroatoms. The van der Waals surface area contributed by atoms with Crippen molar-refractivity contribution in [3.05, 3.63) is 51.9 Å². The molecule has 1 aliphatic heterocycles. The summed E-state index contributed by atoms with van der Waals surface area (Å²) in [6.07, 6.45) is 6.70. The summed E-state index contributed by atoms with van der Waals surface area (Å²) < 4.78 is 7.80. The molecule has 0 spiro atoms. The van der Waals surface area contributed by atoms with Gasteiger partial charge in [-0.2, -0.15) is 0 Å². The monoisotopic (exact) mass is 487 g/mol. The van der Waals surface area contributed by atoms with Crippen molar-refractivity contribution in [2.75, 3.05) is 13.2 Å². The van der Waals surface area contributed by atoms with Crippen LogP contribution < -0.4 is 5.56 Å². The van der Waals surface area contributed by atoms with Crippen LogP contribution in [0.1, 0.15) is 50.2 Å². The highest BCUT2D eigenvalue weighted by Gasteiger charge is 2.21. The molecule has 0 saturated carbocycles. The number of aliphatic carboxylic acids is 1. The van der Waals surface area contributed by atoms with Crippen molar-refractivity contribution in [3.8, 4) is 11.4 Å². The third-order valence-electron chi connectivity index (χ3n) is 6.71. The highest BCUT2D eigenvalue weighted by molar-refractivity contribution is 5.85. The van der Waals surface area contributed by atoms with Gasteiger partial charge in [-0.05, 0) is 68.7 Å². The number of hydrogen-bond acceptors (Lipinski definition) is 4. The minimum Gasteiger partial charge on any atom is -0.481 e. The van der Waals surface area contributed by atoms with E-state index in [-0.39, 0.29) is 23.9 Å². The largest absolute Gasteiger partial charge is 0.481 e. The topological polar surface area (TPSA) is 97.2 Å². The van der Waals surface area contributed by atoms with Gasteiger partial charge < -0.3 is 19.4 Å². The van der Waals surface area contributed by atoms with Gasteiger partial charge in [0.2, 0.25) is 0 Å². The second-order valence-corrected chi connectivity index (χ2v) is 9.19.